The summed E-state index contributed by atoms with van der Waals surface area (Å²) in [7, 11) is 0. The Balaban J connectivity index is 2.81. The van der Waals surface area contributed by atoms with Gasteiger partial charge in [0, 0.05) is 6.54 Å². The normalized spacial score (nSPS) is 12.2. The number of nitrogens with zero attached hydrogens (tertiary/aromatic N) is 2. The minimum atomic E-state index is -0.532. The Morgan fingerprint density at radius 3 is 2.65 bits per heavy atom. The number of aliphatic hydroxyl groups is 1. The molecule has 5 heteroatoms. The molecular weight excluding hydrogens is 218 g/mol. The summed E-state index contributed by atoms with van der Waals surface area (Å²) in [5, 5.41) is 9.61. The average molecular weight is 237 g/mol. The van der Waals surface area contributed by atoms with Crippen LogP contribution in [0.4, 0.5) is 5.69 Å². The molecule has 0 aliphatic rings. The van der Waals surface area contributed by atoms with E-state index >= 15 is 0 Å². The molecule has 1 atom stereocenters. The lowest BCUT2D eigenvalue weighted by molar-refractivity contribution is -0.116. The minimum Gasteiger partial charge on any atom is -0.387 e. The van der Waals surface area contributed by atoms with Gasteiger partial charge in [0.2, 0.25) is 5.91 Å². The molecule has 0 aliphatic carbocycles. The van der Waals surface area contributed by atoms with Gasteiger partial charge in [0.15, 0.2) is 0 Å². The molecule has 1 aromatic rings. The van der Waals surface area contributed by atoms with Crippen LogP contribution in [0.3, 0.4) is 0 Å². The highest BCUT2D eigenvalue weighted by Crippen LogP contribution is 2.17. The second-order valence-corrected chi connectivity index (χ2v) is 3.85. The van der Waals surface area contributed by atoms with Gasteiger partial charge in [-0.2, -0.15) is 0 Å². The SMILES string of the molecule is CC[C@H](O)c1ccc(N(CC)CC(N)=O)cn1. The lowest BCUT2D eigenvalue weighted by Crippen LogP contribution is -2.33. The number of pyridine rings is 1. The van der Waals surface area contributed by atoms with Gasteiger partial charge < -0.3 is 15.7 Å². The number of carbonyl (C=O) groups is 1. The van der Waals surface area contributed by atoms with E-state index in [2.05, 4.69) is 4.98 Å². The van der Waals surface area contributed by atoms with Crippen LogP contribution in [0.5, 0.6) is 0 Å². The lowest BCUT2D eigenvalue weighted by Gasteiger charge is -2.21. The highest BCUT2D eigenvalue weighted by Gasteiger charge is 2.10. The minimum absolute atomic E-state index is 0.174. The summed E-state index contributed by atoms with van der Waals surface area (Å²) >= 11 is 0. The number of primary amides is 1. The van der Waals surface area contributed by atoms with E-state index in [1.807, 2.05) is 24.8 Å². The first-order valence-electron chi connectivity index (χ1n) is 5.75. The largest absolute Gasteiger partial charge is 0.387 e. The number of hydrogen-bond donors (Lipinski definition) is 2. The second kappa shape index (κ2) is 6.20. The molecule has 0 saturated carbocycles. The van der Waals surface area contributed by atoms with E-state index in [0.29, 0.717) is 18.7 Å². The van der Waals surface area contributed by atoms with E-state index in [1.54, 1.807) is 12.3 Å². The molecule has 17 heavy (non-hydrogen) atoms. The quantitative estimate of drug-likeness (QED) is 0.768. The van der Waals surface area contributed by atoms with Gasteiger partial charge in [-0.15, -0.1) is 0 Å². The van der Waals surface area contributed by atoms with Crippen molar-refractivity contribution < 1.29 is 9.90 Å². The fourth-order valence-electron chi connectivity index (χ4n) is 1.56. The summed E-state index contributed by atoms with van der Waals surface area (Å²) in [6.07, 6.45) is 1.75. The van der Waals surface area contributed by atoms with E-state index in [1.165, 1.54) is 0 Å². The predicted molar refractivity (Wildman–Crippen MR) is 66.6 cm³/mol. The zero-order valence-electron chi connectivity index (χ0n) is 10.3. The van der Waals surface area contributed by atoms with Gasteiger partial charge in [-0.1, -0.05) is 6.92 Å². The fraction of sp³-hybridized carbons (Fsp3) is 0.500. The van der Waals surface area contributed by atoms with Crippen LogP contribution in [0.25, 0.3) is 0 Å². The molecule has 3 N–H and O–H groups in total. The summed E-state index contributed by atoms with van der Waals surface area (Å²) < 4.78 is 0. The summed E-state index contributed by atoms with van der Waals surface area (Å²) in [6.45, 7) is 4.69. The van der Waals surface area contributed by atoms with Crippen LogP contribution in [0.2, 0.25) is 0 Å². The average Bonchev–Trinajstić information content (AvgIpc) is 2.35. The van der Waals surface area contributed by atoms with E-state index in [-0.39, 0.29) is 12.5 Å². The number of aromatic nitrogens is 1. The van der Waals surface area contributed by atoms with Crippen molar-refractivity contribution in [1.29, 1.82) is 0 Å². The van der Waals surface area contributed by atoms with Crippen molar-refractivity contribution in [1.82, 2.24) is 4.98 Å². The van der Waals surface area contributed by atoms with Crippen LogP contribution >= 0.6 is 0 Å². The molecule has 0 unspecified atom stereocenters. The Morgan fingerprint density at radius 1 is 1.53 bits per heavy atom. The maximum Gasteiger partial charge on any atom is 0.236 e. The molecule has 94 valence electrons. The van der Waals surface area contributed by atoms with Crippen molar-refractivity contribution in [3.8, 4) is 0 Å². The van der Waals surface area contributed by atoms with Crippen molar-refractivity contribution >= 4 is 11.6 Å². The molecule has 0 saturated heterocycles. The topological polar surface area (TPSA) is 79.5 Å². The van der Waals surface area contributed by atoms with Gasteiger partial charge in [-0.3, -0.25) is 9.78 Å². The second-order valence-electron chi connectivity index (χ2n) is 3.85. The Labute approximate surface area is 101 Å². The lowest BCUT2D eigenvalue weighted by atomic mass is 10.2. The van der Waals surface area contributed by atoms with Crippen molar-refractivity contribution in [3.05, 3.63) is 24.0 Å². The zero-order chi connectivity index (χ0) is 12.8. The first kappa shape index (κ1) is 13.4. The van der Waals surface area contributed by atoms with Gasteiger partial charge >= 0.3 is 0 Å². The zero-order valence-corrected chi connectivity index (χ0v) is 10.3. The summed E-state index contributed by atoms with van der Waals surface area (Å²) in [6, 6.07) is 3.61. The highest BCUT2D eigenvalue weighted by atomic mass is 16.3. The van der Waals surface area contributed by atoms with Crippen LogP contribution in [-0.4, -0.2) is 29.1 Å². The molecule has 0 spiro atoms. The Kier molecular flexibility index (Phi) is 4.90. The Bertz CT molecular complexity index is 365. The van der Waals surface area contributed by atoms with Gasteiger partial charge in [0.05, 0.1) is 30.2 Å². The van der Waals surface area contributed by atoms with Crippen molar-refractivity contribution in [2.45, 2.75) is 26.4 Å². The summed E-state index contributed by atoms with van der Waals surface area (Å²) in [5.74, 6) is -0.371. The number of nitrogens with two attached hydrogens (primary N) is 1. The van der Waals surface area contributed by atoms with Gasteiger partial charge in [-0.25, -0.2) is 0 Å². The predicted octanol–water partition coefficient (Wildman–Crippen LogP) is 0.837. The fourth-order valence-corrected chi connectivity index (χ4v) is 1.56. The van der Waals surface area contributed by atoms with E-state index in [0.717, 1.165) is 5.69 Å². The van der Waals surface area contributed by atoms with E-state index in [4.69, 9.17) is 5.73 Å². The molecule has 0 fully saturated rings. The molecule has 0 aromatic carbocycles. The first-order chi connectivity index (χ1) is 8.08. The summed E-state index contributed by atoms with van der Waals surface area (Å²) in [4.78, 5) is 16.9. The van der Waals surface area contributed by atoms with Crippen molar-refractivity contribution in [2.24, 2.45) is 5.73 Å². The molecule has 1 heterocycles. The number of carbonyl (C=O) groups excluding carboxylic acids is 1. The first-order valence-corrected chi connectivity index (χ1v) is 5.75. The van der Waals surface area contributed by atoms with Crippen molar-refractivity contribution in [3.63, 3.8) is 0 Å². The highest BCUT2D eigenvalue weighted by molar-refractivity contribution is 5.79. The van der Waals surface area contributed by atoms with Crippen LogP contribution in [0.15, 0.2) is 18.3 Å². The monoisotopic (exact) mass is 237 g/mol. The number of hydrogen-bond acceptors (Lipinski definition) is 4. The molecule has 1 rings (SSSR count). The molecule has 1 amide bonds. The molecular formula is C12H19N3O2. The molecule has 0 radical (unpaired) electrons. The number of anilines is 1. The number of rotatable bonds is 6. The number of likely N-dealkylation sites (N-methyl/N-ethyl adjacent to an activating group) is 1. The van der Waals surface area contributed by atoms with Gasteiger partial charge in [0.25, 0.3) is 0 Å². The van der Waals surface area contributed by atoms with Crippen LogP contribution in [-0.2, 0) is 4.79 Å². The van der Waals surface area contributed by atoms with E-state index in [9.17, 15) is 9.90 Å². The van der Waals surface area contributed by atoms with Crippen molar-refractivity contribution in [2.75, 3.05) is 18.0 Å². The third kappa shape index (κ3) is 3.71. The Morgan fingerprint density at radius 2 is 2.24 bits per heavy atom. The maximum absolute atomic E-state index is 10.9. The third-order valence-electron chi connectivity index (χ3n) is 2.59. The van der Waals surface area contributed by atoms with Gasteiger partial charge in [-0.05, 0) is 25.5 Å². The molecule has 0 bridgehead atoms. The number of amides is 1. The van der Waals surface area contributed by atoms with E-state index < -0.39 is 6.10 Å². The molecule has 1 aromatic heterocycles. The van der Waals surface area contributed by atoms with Crippen LogP contribution < -0.4 is 10.6 Å². The number of aliphatic hydroxyl groups excluding tert-OH is 1. The standard InChI is InChI=1S/C12H19N3O2/c1-3-11(16)10-6-5-9(7-14-10)15(4-2)8-12(13)17/h5-7,11,16H,3-4,8H2,1-2H3,(H2,13,17)/t11-/m0/s1. The van der Waals surface area contributed by atoms with Crippen LogP contribution in [0.1, 0.15) is 32.1 Å². The Hall–Kier alpha value is -1.62. The smallest absolute Gasteiger partial charge is 0.236 e. The summed E-state index contributed by atoms with van der Waals surface area (Å²) in [5.41, 5.74) is 6.64. The van der Waals surface area contributed by atoms with Gasteiger partial charge in [0.1, 0.15) is 0 Å². The van der Waals surface area contributed by atoms with Crippen LogP contribution in [0, 0.1) is 0 Å². The maximum atomic E-state index is 10.9. The third-order valence-corrected chi connectivity index (χ3v) is 2.59. The molecule has 5 nitrogen and oxygen atoms in total. The molecule has 0 aliphatic heterocycles.